The molecule has 0 aromatic heterocycles. The smallest absolute Gasteiger partial charge is 0.254 e. The van der Waals surface area contributed by atoms with Crippen molar-refractivity contribution in [1.29, 1.82) is 0 Å². The molecule has 1 saturated heterocycles. The first-order valence-electron chi connectivity index (χ1n) is 5.57. The minimum absolute atomic E-state index is 0.00316. The Kier molecular flexibility index (Phi) is 3.99. The lowest BCUT2D eigenvalue weighted by atomic mass is 10.1. The molecule has 17 heavy (non-hydrogen) atoms. The number of carbonyl (C=O) groups is 1. The molecule has 1 fully saturated rings. The molecule has 0 spiro atoms. The highest BCUT2D eigenvalue weighted by atomic mass is 35.5. The molecule has 0 bridgehead atoms. The Labute approximate surface area is 105 Å². The van der Waals surface area contributed by atoms with Gasteiger partial charge >= 0.3 is 0 Å². The molecule has 1 heterocycles. The van der Waals surface area contributed by atoms with E-state index in [4.69, 9.17) is 22.1 Å². The van der Waals surface area contributed by atoms with Gasteiger partial charge in [0.1, 0.15) is 0 Å². The van der Waals surface area contributed by atoms with Crippen molar-refractivity contribution in [2.75, 3.05) is 26.2 Å². The van der Waals surface area contributed by atoms with Gasteiger partial charge in [-0.25, -0.2) is 0 Å². The average Bonchev–Trinajstić information content (AvgIpc) is 2.39. The summed E-state index contributed by atoms with van der Waals surface area (Å²) >= 11 is 5.79. The van der Waals surface area contributed by atoms with Crippen molar-refractivity contribution in [1.82, 2.24) is 4.90 Å². The number of nitrogens with two attached hydrogens (primary N) is 1. The number of amides is 1. The normalized spacial score (nSPS) is 20.4. The molecule has 0 aliphatic carbocycles. The molecule has 5 heteroatoms. The summed E-state index contributed by atoms with van der Waals surface area (Å²) in [4.78, 5) is 13.9. The van der Waals surface area contributed by atoms with Crippen LogP contribution in [0, 0.1) is 0 Å². The zero-order valence-electron chi connectivity index (χ0n) is 9.43. The van der Waals surface area contributed by atoms with Crippen molar-refractivity contribution < 1.29 is 9.53 Å². The van der Waals surface area contributed by atoms with Crippen LogP contribution in [0.5, 0.6) is 0 Å². The number of nitrogens with zero attached hydrogens (tertiary/aromatic N) is 1. The van der Waals surface area contributed by atoms with Gasteiger partial charge in [0.25, 0.3) is 5.91 Å². The van der Waals surface area contributed by atoms with E-state index in [0.717, 1.165) is 0 Å². The van der Waals surface area contributed by atoms with E-state index < -0.39 is 0 Å². The minimum atomic E-state index is -0.0556. The zero-order chi connectivity index (χ0) is 12.3. The Morgan fingerprint density at radius 3 is 2.82 bits per heavy atom. The van der Waals surface area contributed by atoms with Crippen LogP contribution < -0.4 is 5.73 Å². The summed E-state index contributed by atoms with van der Waals surface area (Å²) in [5.74, 6) is 0.00316. The Hall–Kier alpha value is -1.10. The summed E-state index contributed by atoms with van der Waals surface area (Å²) in [5.41, 5.74) is 6.19. The third-order valence-corrected chi connectivity index (χ3v) is 3.03. The van der Waals surface area contributed by atoms with E-state index in [1.807, 2.05) is 0 Å². The average molecular weight is 255 g/mol. The van der Waals surface area contributed by atoms with Gasteiger partial charge in [0.2, 0.25) is 0 Å². The van der Waals surface area contributed by atoms with Crippen LogP contribution in [0.15, 0.2) is 24.3 Å². The molecule has 2 rings (SSSR count). The van der Waals surface area contributed by atoms with Gasteiger partial charge in [-0.1, -0.05) is 11.6 Å². The maximum atomic E-state index is 12.2. The summed E-state index contributed by atoms with van der Waals surface area (Å²) in [5, 5.41) is 0.628. The highest BCUT2D eigenvalue weighted by Gasteiger charge is 2.23. The van der Waals surface area contributed by atoms with Crippen molar-refractivity contribution in [2.24, 2.45) is 5.73 Å². The SMILES string of the molecule is NC[C@@H]1CN(C(=O)c2ccc(Cl)cc2)CCO1. The molecular formula is C12H15ClN2O2. The molecule has 92 valence electrons. The largest absolute Gasteiger partial charge is 0.373 e. The highest BCUT2D eigenvalue weighted by Crippen LogP contribution is 2.13. The van der Waals surface area contributed by atoms with Crippen molar-refractivity contribution >= 4 is 17.5 Å². The van der Waals surface area contributed by atoms with Gasteiger partial charge in [0.15, 0.2) is 0 Å². The second kappa shape index (κ2) is 5.49. The monoisotopic (exact) mass is 254 g/mol. The molecule has 1 aliphatic rings. The van der Waals surface area contributed by atoms with Crippen molar-refractivity contribution in [3.63, 3.8) is 0 Å². The van der Waals surface area contributed by atoms with Gasteiger partial charge in [0, 0.05) is 30.2 Å². The first-order chi connectivity index (χ1) is 8.20. The first-order valence-corrected chi connectivity index (χ1v) is 5.95. The summed E-state index contributed by atoms with van der Waals surface area (Å²) in [6, 6.07) is 6.90. The van der Waals surface area contributed by atoms with E-state index in [0.29, 0.717) is 36.8 Å². The van der Waals surface area contributed by atoms with Crippen LogP contribution in [0.3, 0.4) is 0 Å². The number of carbonyl (C=O) groups excluding carboxylic acids is 1. The van der Waals surface area contributed by atoms with Crippen molar-refractivity contribution in [3.8, 4) is 0 Å². The van der Waals surface area contributed by atoms with Gasteiger partial charge in [0.05, 0.1) is 12.7 Å². The number of benzene rings is 1. The Bertz CT molecular complexity index is 394. The maximum absolute atomic E-state index is 12.2. The van der Waals surface area contributed by atoms with Crippen molar-refractivity contribution in [2.45, 2.75) is 6.10 Å². The maximum Gasteiger partial charge on any atom is 0.254 e. The van der Waals surface area contributed by atoms with Crippen LogP contribution in [0.4, 0.5) is 0 Å². The molecule has 1 aliphatic heterocycles. The van der Waals surface area contributed by atoms with Crippen LogP contribution >= 0.6 is 11.6 Å². The lowest BCUT2D eigenvalue weighted by molar-refractivity contribution is -0.0167. The zero-order valence-corrected chi connectivity index (χ0v) is 10.2. The van der Waals surface area contributed by atoms with Gasteiger partial charge in [-0.15, -0.1) is 0 Å². The summed E-state index contributed by atoms with van der Waals surface area (Å²) in [7, 11) is 0. The van der Waals surface area contributed by atoms with Gasteiger partial charge < -0.3 is 15.4 Å². The molecule has 0 radical (unpaired) electrons. The highest BCUT2D eigenvalue weighted by molar-refractivity contribution is 6.30. The van der Waals surface area contributed by atoms with E-state index in [-0.39, 0.29) is 12.0 Å². The molecule has 1 atom stereocenters. The standard InChI is InChI=1S/C12H15ClN2O2/c13-10-3-1-9(2-4-10)12(16)15-5-6-17-11(7-14)8-15/h1-4,11H,5-8,14H2/t11-/m1/s1. The summed E-state index contributed by atoms with van der Waals surface area (Å²) < 4.78 is 5.42. The predicted octanol–water partition coefficient (Wildman–Crippen LogP) is 1.14. The van der Waals surface area contributed by atoms with Crippen molar-refractivity contribution in [3.05, 3.63) is 34.9 Å². The Morgan fingerprint density at radius 2 is 2.18 bits per heavy atom. The van der Waals surface area contributed by atoms with Crippen LogP contribution in [-0.2, 0) is 4.74 Å². The van der Waals surface area contributed by atoms with Gasteiger partial charge in [-0.2, -0.15) is 0 Å². The van der Waals surface area contributed by atoms with Gasteiger partial charge in [-0.3, -0.25) is 4.79 Å². The molecule has 1 amide bonds. The molecule has 0 saturated carbocycles. The van der Waals surface area contributed by atoms with E-state index in [9.17, 15) is 4.79 Å². The fourth-order valence-corrected chi connectivity index (χ4v) is 1.95. The summed E-state index contributed by atoms with van der Waals surface area (Å²) in [6.07, 6.45) is -0.0556. The predicted molar refractivity (Wildman–Crippen MR) is 66.1 cm³/mol. The molecule has 1 aromatic rings. The minimum Gasteiger partial charge on any atom is -0.373 e. The number of morpholine rings is 1. The number of halogens is 1. The lowest BCUT2D eigenvalue weighted by Crippen LogP contribution is -2.48. The third kappa shape index (κ3) is 2.97. The Morgan fingerprint density at radius 1 is 1.47 bits per heavy atom. The molecule has 0 unspecified atom stereocenters. The number of hydrogen-bond donors (Lipinski definition) is 1. The first kappa shape index (κ1) is 12.4. The van der Waals surface area contributed by atoms with E-state index in [1.54, 1.807) is 29.2 Å². The molecule has 4 nitrogen and oxygen atoms in total. The second-order valence-corrected chi connectivity index (χ2v) is 4.42. The molecule has 1 aromatic carbocycles. The third-order valence-electron chi connectivity index (χ3n) is 2.78. The van der Waals surface area contributed by atoms with E-state index in [2.05, 4.69) is 0 Å². The van der Waals surface area contributed by atoms with Crippen LogP contribution in [0.1, 0.15) is 10.4 Å². The van der Waals surface area contributed by atoms with Crippen LogP contribution in [-0.4, -0.2) is 43.2 Å². The molecular weight excluding hydrogens is 240 g/mol. The van der Waals surface area contributed by atoms with Gasteiger partial charge in [-0.05, 0) is 24.3 Å². The quantitative estimate of drug-likeness (QED) is 0.861. The second-order valence-electron chi connectivity index (χ2n) is 3.99. The van der Waals surface area contributed by atoms with E-state index in [1.165, 1.54) is 0 Å². The Balaban J connectivity index is 2.06. The van der Waals surface area contributed by atoms with Crippen LogP contribution in [0.2, 0.25) is 5.02 Å². The van der Waals surface area contributed by atoms with Crippen LogP contribution in [0.25, 0.3) is 0 Å². The fourth-order valence-electron chi connectivity index (χ4n) is 1.82. The fraction of sp³-hybridized carbons (Fsp3) is 0.417. The number of ether oxygens (including phenoxy) is 1. The topological polar surface area (TPSA) is 55.6 Å². The van der Waals surface area contributed by atoms with E-state index >= 15 is 0 Å². The number of hydrogen-bond acceptors (Lipinski definition) is 3. The molecule has 2 N–H and O–H groups in total. The lowest BCUT2D eigenvalue weighted by Gasteiger charge is -2.32. The summed E-state index contributed by atoms with van der Waals surface area (Å²) in [6.45, 7) is 2.14. The number of rotatable bonds is 2.